The van der Waals surface area contributed by atoms with Crippen molar-refractivity contribution in [2.24, 2.45) is 0 Å². The molecule has 4 rings (SSSR count). The average Bonchev–Trinajstić information content (AvgIpc) is 3.28. The standard InChI is InChI=1S/C18H14N4O5S/c23-14-7-13(20-18-21(14)4-5-28-18)10-27-16(25)12-3-1-2-11(6-12)9-22-15(24)8-19-17(22)26/h1-7H,8-10H2,(H,19,26). The summed E-state index contributed by atoms with van der Waals surface area (Å²) in [5, 5.41) is 4.19. The molecular formula is C18H14N4O5S. The number of rotatable bonds is 5. The number of carbonyl (C=O) groups is 3. The molecule has 1 aliphatic rings. The van der Waals surface area contributed by atoms with Crippen LogP contribution in [0.25, 0.3) is 4.96 Å². The lowest BCUT2D eigenvalue weighted by Crippen LogP contribution is -2.30. The minimum atomic E-state index is -0.591. The van der Waals surface area contributed by atoms with Gasteiger partial charge in [-0.05, 0) is 17.7 Å². The van der Waals surface area contributed by atoms with Crippen molar-refractivity contribution in [1.82, 2.24) is 19.6 Å². The number of benzene rings is 1. The van der Waals surface area contributed by atoms with Gasteiger partial charge >= 0.3 is 12.0 Å². The Balaban J connectivity index is 1.45. The largest absolute Gasteiger partial charge is 0.456 e. The topological polar surface area (TPSA) is 110 Å². The van der Waals surface area contributed by atoms with Crippen LogP contribution >= 0.6 is 11.3 Å². The number of aromatic nitrogens is 2. The lowest BCUT2D eigenvalue weighted by molar-refractivity contribution is -0.125. The van der Waals surface area contributed by atoms with Crippen molar-refractivity contribution in [2.75, 3.05) is 6.54 Å². The van der Waals surface area contributed by atoms with Gasteiger partial charge in [-0.2, -0.15) is 0 Å². The summed E-state index contributed by atoms with van der Waals surface area (Å²) in [7, 11) is 0. The van der Waals surface area contributed by atoms with E-state index >= 15 is 0 Å². The zero-order valence-corrected chi connectivity index (χ0v) is 15.3. The van der Waals surface area contributed by atoms with E-state index in [0.717, 1.165) is 4.90 Å². The van der Waals surface area contributed by atoms with Gasteiger partial charge in [0.15, 0.2) is 4.96 Å². The van der Waals surface area contributed by atoms with E-state index in [1.807, 2.05) is 0 Å². The minimum Gasteiger partial charge on any atom is -0.456 e. The van der Waals surface area contributed by atoms with Gasteiger partial charge in [-0.1, -0.05) is 12.1 Å². The zero-order valence-electron chi connectivity index (χ0n) is 14.5. The first-order valence-electron chi connectivity index (χ1n) is 8.31. The highest BCUT2D eigenvalue weighted by atomic mass is 32.1. The second-order valence-electron chi connectivity index (χ2n) is 6.06. The van der Waals surface area contributed by atoms with E-state index in [-0.39, 0.29) is 36.7 Å². The van der Waals surface area contributed by atoms with E-state index in [4.69, 9.17) is 4.74 Å². The summed E-state index contributed by atoms with van der Waals surface area (Å²) in [6.07, 6.45) is 1.63. The number of hydrogen-bond acceptors (Lipinski definition) is 7. The molecule has 0 saturated carbocycles. The van der Waals surface area contributed by atoms with Crippen LogP contribution in [0.4, 0.5) is 4.79 Å². The molecule has 0 aliphatic carbocycles. The van der Waals surface area contributed by atoms with Crippen LogP contribution < -0.4 is 10.9 Å². The molecule has 2 aromatic heterocycles. The first-order valence-corrected chi connectivity index (χ1v) is 9.19. The Bertz CT molecular complexity index is 1140. The fraction of sp³-hybridized carbons (Fsp3) is 0.167. The summed E-state index contributed by atoms with van der Waals surface area (Å²) in [6, 6.07) is 7.35. The van der Waals surface area contributed by atoms with E-state index in [9.17, 15) is 19.2 Å². The SMILES string of the molecule is O=C(OCc1cc(=O)n2ccsc2n1)c1cccc(CN2C(=O)CNC2=O)c1. The molecule has 3 heterocycles. The molecule has 10 heteroatoms. The highest BCUT2D eigenvalue weighted by Gasteiger charge is 2.28. The number of amides is 3. The number of nitrogens with zero attached hydrogens (tertiary/aromatic N) is 3. The number of urea groups is 1. The summed E-state index contributed by atoms with van der Waals surface area (Å²) in [5.41, 5.74) is 1.01. The van der Waals surface area contributed by atoms with Gasteiger partial charge < -0.3 is 10.1 Å². The molecular weight excluding hydrogens is 384 g/mol. The molecule has 1 fully saturated rings. The number of hydrogen-bond donors (Lipinski definition) is 1. The summed E-state index contributed by atoms with van der Waals surface area (Å²) < 4.78 is 6.67. The van der Waals surface area contributed by atoms with Crippen molar-refractivity contribution >= 4 is 34.2 Å². The Hall–Kier alpha value is -3.53. The lowest BCUT2D eigenvalue weighted by Gasteiger charge is -2.13. The van der Waals surface area contributed by atoms with Gasteiger partial charge in [0.25, 0.3) is 5.56 Å². The van der Waals surface area contributed by atoms with Gasteiger partial charge in [0.1, 0.15) is 6.61 Å². The highest BCUT2D eigenvalue weighted by Crippen LogP contribution is 2.13. The predicted octanol–water partition coefficient (Wildman–Crippen LogP) is 1.16. The number of fused-ring (bicyclic) bond motifs is 1. The molecule has 1 aromatic carbocycles. The number of imide groups is 1. The fourth-order valence-electron chi connectivity index (χ4n) is 2.78. The Morgan fingerprint density at radius 1 is 1.25 bits per heavy atom. The van der Waals surface area contributed by atoms with E-state index in [1.165, 1.54) is 21.8 Å². The molecule has 3 aromatic rings. The zero-order chi connectivity index (χ0) is 19.7. The Kier molecular flexibility index (Phi) is 4.62. The van der Waals surface area contributed by atoms with Crippen LogP contribution in [0.5, 0.6) is 0 Å². The summed E-state index contributed by atoms with van der Waals surface area (Å²) in [5.74, 6) is -0.911. The molecule has 3 amide bonds. The molecule has 0 unspecified atom stereocenters. The molecule has 0 atom stereocenters. The number of carbonyl (C=O) groups excluding carboxylic acids is 3. The molecule has 0 bridgehead atoms. The second kappa shape index (κ2) is 7.24. The average molecular weight is 398 g/mol. The molecule has 1 N–H and O–H groups in total. The van der Waals surface area contributed by atoms with Crippen LogP contribution in [-0.2, 0) is 22.7 Å². The Labute approximate surface area is 162 Å². The summed E-state index contributed by atoms with van der Waals surface area (Å²) >= 11 is 1.31. The molecule has 0 radical (unpaired) electrons. The monoisotopic (exact) mass is 398 g/mol. The van der Waals surface area contributed by atoms with Crippen molar-refractivity contribution in [2.45, 2.75) is 13.2 Å². The summed E-state index contributed by atoms with van der Waals surface area (Å²) in [4.78, 5) is 53.5. The van der Waals surface area contributed by atoms with Crippen LogP contribution in [0, 0.1) is 0 Å². The maximum Gasteiger partial charge on any atom is 0.338 e. The predicted molar refractivity (Wildman–Crippen MR) is 98.8 cm³/mol. The fourth-order valence-corrected chi connectivity index (χ4v) is 3.52. The number of nitrogens with one attached hydrogen (secondary N) is 1. The summed E-state index contributed by atoms with van der Waals surface area (Å²) in [6.45, 7) is -0.0962. The first-order chi connectivity index (χ1) is 13.5. The molecule has 9 nitrogen and oxygen atoms in total. The third-order valence-electron chi connectivity index (χ3n) is 4.15. The first kappa shape index (κ1) is 17.9. The van der Waals surface area contributed by atoms with Crippen molar-refractivity contribution in [3.8, 4) is 0 Å². The quantitative estimate of drug-likeness (QED) is 0.510. The van der Waals surface area contributed by atoms with Crippen LogP contribution in [0.15, 0.2) is 46.7 Å². The molecule has 0 spiro atoms. The van der Waals surface area contributed by atoms with Gasteiger partial charge in [-0.15, -0.1) is 11.3 Å². The van der Waals surface area contributed by atoms with Crippen LogP contribution in [0.2, 0.25) is 0 Å². The van der Waals surface area contributed by atoms with Gasteiger partial charge in [0.05, 0.1) is 24.3 Å². The van der Waals surface area contributed by atoms with Crippen molar-refractivity contribution < 1.29 is 19.1 Å². The minimum absolute atomic E-state index is 0.0257. The van der Waals surface area contributed by atoms with Gasteiger partial charge in [-0.25, -0.2) is 14.6 Å². The van der Waals surface area contributed by atoms with E-state index in [1.54, 1.807) is 35.8 Å². The maximum absolute atomic E-state index is 12.3. The maximum atomic E-state index is 12.3. The van der Waals surface area contributed by atoms with Crippen molar-refractivity contribution in [3.05, 3.63) is 69.1 Å². The van der Waals surface area contributed by atoms with Gasteiger partial charge in [0, 0.05) is 17.6 Å². The highest BCUT2D eigenvalue weighted by molar-refractivity contribution is 7.15. The third kappa shape index (κ3) is 3.49. The molecule has 142 valence electrons. The number of esters is 1. The smallest absolute Gasteiger partial charge is 0.338 e. The molecule has 1 aliphatic heterocycles. The third-order valence-corrected chi connectivity index (χ3v) is 4.90. The number of thiazole rings is 1. The van der Waals surface area contributed by atoms with E-state index < -0.39 is 12.0 Å². The van der Waals surface area contributed by atoms with Crippen molar-refractivity contribution in [1.29, 1.82) is 0 Å². The van der Waals surface area contributed by atoms with Gasteiger partial charge in [-0.3, -0.25) is 18.9 Å². The van der Waals surface area contributed by atoms with Crippen LogP contribution in [0.1, 0.15) is 21.6 Å². The van der Waals surface area contributed by atoms with Crippen LogP contribution in [-0.4, -0.2) is 38.7 Å². The Morgan fingerprint density at radius 2 is 2.11 bits per heavy atom. The molecule has 28 heavy (non-hydrogen) atoms. The molecule has 1 saturated heterocycles. The van der Waals surface area contributed by atoms with Crippen LogP contribution in [0.3, 0.4) is 0 Å². The van der Waals surface area contributed by atoms with E-state index in [2.05, 4.69) is 10.3 Å². The number of ether oxygens (including phenoxy) is 1. The van der Waals surface area contributed by atoms with E-state index in [0.29, 0.717) is 16.2 Å². The second-order valence-corrected chi connectivity index (χ2v) is 6.93. The normalized spacial score (nSPS) is 13.8. The Morgan fingerprint density at radius 3 is 2.89 bits per heavy atom. The van der Waals surface area contributed by atoms with Gasteiger partial charge in [0.2, 0.25) is 5.91 Å². The van der Waals surface area contributed by atoms with Crippen molar-refractivity contribution in [3.63, 3.8) is 0 Å². The lowest BCUT2D eigenvalue weighted by atomic mass is 10.1.